The monoisotopic (exact) mass is 248 g/mol. The first-order valence-corrected chi connectivity index (χ1v) is 4.04. The van der Waals surface area contributed by atoms with Gasteiger partial charge in [0.25, 0.3) is 0 Å². The van der Waals surface area contributed by atoms with Gasteiger partial charge < -0.3 is 19.8 Å². The zero-order valence-electron chi connectivity index (χ0n) is 8.62. The predicted molar refractivity (Wildman–Crippen MR) is 35.5 cm³/mol. The van der Waals surface area contributed by atoms with E-state index in [2.05, 4.69) is 0 Å². The second-order valence-corrected chi connectivity index (χ2v) is 3.14. The summed E-state index contributed by atoms with van der Waals surface area (Å²) in [6.07, 6.45) is 2.34. The first kappa shape index (κ1) is 18.6. The van der Waals surface area contributed by atoms with Crippen molar-refractivity contribution in [2.75, 3.05) is 0 Å². The van der Waals surface area contributed by atoms with Gasteiger partial charge in [0.2, 0.25) is 0 Å². The Balaban J connectivity index is 0. The van der Waals surface area contributed by atoms with E-state index >= 15 is 0 Å². The summed E-state index contributed by atoms with van der Waals surface area (Å²) < 4.78 is 0. The molecule has 1 aliphatic rings. The fourth-order valence-corrected chi connectivity index (χ4v) is 1.70. The van der Waals surface area contributed by atoms with Crippen LogP contribution in [-0.2, 0) is 9.59 Å². The van der Waals surface area contributed by atoms with Gasteiger partial charge in [-0.3, -0.25) is 0 Å². The quantitative estimate of drug-likeness (QED) is 0.455. The maximum atomic E-state index is 10.5. The van der Waals surface area contributed by atoms with E-state index in [0.717, 1.165) is 12.8 Å². The van der Waals surface area contributed by atoms with Crippen LogP contribution in [0.25, 0.3) is 0 Å². The summed E-state index contributed by atoms with van der Waals surface area (Å²) in [6.45, 7) is 0. The van der Waals surface area contributed by atoms with Gasteiger partial charge in [-0.15, -0.1) is 0 Å². The Morgan fingerprint density at radius 2 is 1.14 bits per heavy atom. The average Bonchev–Trinajstić information content (AvgIpc) is 2.04. The first-order valence-electron chi connectivity index (χ1n) is 4.04. The number of aliphatic carboxylic acids is 2. The van der Waals surface area contributed by atoms with Gasteiger partial charge in [0, 0.05) is 23.8 Å². The minimum atomic E-state index is -1.26. The molecular formula is C8H10K2O4. The number of rotatable bonds is 2. The van der Waals surface area contributed by atoms with Gasteiger partial charge in [0.1, 0.15) is 0 Å². The summed E-state index contributed by atoms with van der Waals surface area (Å²) >= 11 is 0. The van der Waals surface area contributed by atoms with Gasteiger partial charge in [-0.1, -0.05) is 12.8 Å². The molecule has 0 aromatic heterocycles. The molecule has 14 heavy (non-hydrogen) atoms. The van der Waals surface area contributed by atoms with Crippen molar-refractivity contribution in [1.82, 2.24) is 0 Å². The fourth-order valence-electron chi connectivity index (χ4n) is 1.70. The molecule has 0 N–H and O–H groups in total. The molecule has 1 rings (SSSR count). The summed E-state index contributed by atoms with van der Waals surface area (Å²) in [7, 11) is 0. The topological polar surface area (TPSA) is 80.3 Å². The Bertz CT molecular complexity index is 186. The van der Waals surface area contributed by atoms with Crippen LogP contribution in [0.5, 0.6) is 0 Å². The molecule has 6 heteroatoms. The van der Waals surface area contributed by atoms with Gasteiger partial charge >= 0.3 is 103 Å². The van der Waals surface area contributed by atoms with E-state index in [1.165, 1.54) is 0 Å². The van der Waals surface area contributed by atoms with E-state index in [-0.39, 0.29) is 103 Å². The Hall–Kier alpha value is 2.21. The average molecular weight is 248 g/mol. The van der Waals surface area contributed by atoms with Gasteiger partial charge in [-0.25, -0.2) is 0 Å². The number of carbonyl (C=O) groups is 2. The van der Waals surface area contributed by atoms with Gasteiger partial charge in [0.05, 0.1) is 0 Å². The second kappa shape index (κ2) is 9.26. The summed E-state index contributed by atoms with van der Waals surface area (Å²) in [5.74, 6) is -4.21. The maximum Gasteiger partial charge on any atom is 1.00 e. The standard InChI is InChI=1S/C8H12O4.2K/c9-7(10)5-3-1-2-4-6(5)8(11)12;;/h5-6H,1-4H2,(H,9,10)(H,11,12);;/q;2*+1/p-2. The molecule has 0 aromatic carbocycles. The van der Waals surface area contributed by atoms with E-state index in [9.17, 15) is 19.8 Å². The van der Waals surface area contributed by atoms with Crippen LogP contribution in [0.4, 0.5) is 0 Å². The van der Waals surface area contributed by atoms with Crippen LogP contribution in [0.2, 0.25) is 0 Å². The Labute approximate surface area is 168 Å². The van der Waals surface area contributed by atoms with Crippen LogP contribution in [0, 0.1) is 11.8 Å². The van der Waals surface area contributed by atoms with E-state index in [1.54, 1.807) is 0 Å². The molecular weight excluding hydrogens is 238 g/mol. The summed E-state index contributed by atoms with van der Waals surface area (Å²) in [5, 5.41) is 20.9. The molecule has 0 spiro atoms. The molecule has 0 aliphatic heterocycles. The molecule has 0 radical (unpaired) electrons. The molecule has 2 atom stereocenters. The Morgan fingerprint density at radius 1 is 0.857 bits per heavy atom. The van der Waals surface area contributed by atoms with E-state index in [4.69, 9.17) is 0 Å². The van der Waals surface area contributed by atoms with Gasteiger partial charge in [0.15, 0.2) is 0 Å². The summed E-state index contributed by atoms with van der Waals surface area (Å²) in [4.78, 5) is 20.9. The largest absolute Gasteiger partial charge is 1.00 e. The number of hydrogen-bond acceptors (Lipinski definition) is 4. The van der Waals surface area contributed by atoms with Crippen molar-refractivity contribution in [3.63, 3.8) is 0 Å². The third kappa shape index (κ3) is 5.51. The van der Waals surface area contributed by atoms with Crippen molar-refractivity contribution in [1.29, 1.82) is 0 Å². The first-order chi connectivity index (χ1) is 5.63. The van der Waals surface area contributed by atoms with Crippen LogP contribution in [0.15, 0.2) is 0 Å². The van der Waals surface area contributed by atoms with Gasteiger partial charge in [-0.05, 0) is 12.8 Å². The Morgan fingerprint density at radius 3 is 1.36 bits per heavy atom. The normalized spacial score (nSPS) is 25.4. The maximum absolute atomic E-state index is 10.5. The van der Waals surface area contributed by atoms with Crippen LogP contribution in [0.1, 0.15) is 25.7 Å². The van der Waals surface area contributed by atoms with Crippen LogP contribution in [0.3, 0.4) is 0 Å². The molecule has 0 bridgehead atoms. The molecule has 2 unspecified atom stereocenters. The van der Waals surface area contributed by atoms with Crippen molar-refractivity contribution in [2.24, 2.45) is 11.8 Å². The number of carboxylic acid groups (broad SMARTS) is 2. The second-order valence-electron chi connectivity index (χ2n) is 3.14. The Kier molecular flexibility index (Phi) is 12.3. The molecule has 1 saturated carbocycles. The van der Waals surface area contributed by atoms with Crippen molar-refractivity contribution in [2.45, 2.75) is 25.7 Å². The molecule has 1 aliphatic carbocycles. The zero-order chi connectivity index (χ0) is 9.14. The minimum absolute atomic E-state index is 0. The number of carbonyl (C=O) groups excluding carboxylic acids is 2. The zero-order valence-corrected chi connectivity index (χ0v) is 14.9. The van der Waals surface area contributed by atoms with Crippen molar-refractivity contribution >= 4 is 11.9 Å². The molecule has 0 amide bonds. The van der Waals surface area contributed by atoms with Crippen molar-refractivity contribution in [3.05, 3.63) is 0 Å². The molecule has 68 valence electrons. The smallest absolute Gasteiger partial charge is 0.550 e. The number of hydrogen-bond donors (Lipinski definition) is 0. The third-order valence-corrected chi connectivity index (χ3v) is 2.37. The summed E-state index contributed by atoms with van der Waals surface area (Å²) in [5.41, 5.74) is 0. The SMILES string of the molecule is O=C([O-])C1CCCCC1C(=O)[O-].[K+].[K+]. The molecule has 0 heterocycles. The van der Waals surface area contributed by atoms with Gasteiger partial charge in [-0.2, -0.15) is 0 Å². The summed E-state index contributed by atoms with van der Waals surface area (Å²) in [6, 6.07) is 0. The van der Waals surface area contributed by atoms with Crippen molar-refractivity contribution in [3.8, 4) is 0 Å². The fraction of sp³-hybridized carbons (Fsp3) is 0.750. The van der Waals surface area contributed by atoms with E-state index in [1.807, 2.05) is 0 Å². The molecule has 1 fully saturated rings. The predicted octanol–water partition coefficient (Wildman–Crippen LogP) is -7.70. The van der Waals surface area contributed by atoms with Crippen LogP contribution >= 0.6 is 0 Å². The molecule has 4 nitrogen and oxygen atoms in total. The number of carboxylic acids is 2. The third-order valence-electron chi connectivity index (χ3n) is 2.37. The van der Waals surface area contributed by atoms with Crippen molar-refractivity contribution < 1.29 is 123 Å². The molecule has 0 aromatic rings. The van der Waals surface area contributed by atoms with E-state index < -0.39 is 23.8 Å². The van der Waals surface area contributed by atoms with Crippen LogP contribution in [-0.4, -0.2) is 11.9 Å². The van der Waals surface area contributed by atoms with Crippen LogP contribution < -0.4 is 113 Å². The minimum Gasteiger partial charge on any atom is -0.550 e. The van der Waals surface area contributed by atoms with E-state index in [0.29, 0.717) is 12.8 Å². The molecule has 0 saturated heterocycles.